The first kappa shape index (κ1) is 17.0. The monoisotopic (exact) mass is 339 g/mol. The third kappa shape index (κ3) is 4.19. The molecule has 0 unspecified atom stereocenters. The molecular formula is C18H21N5O2. The highest BCUT2D eigenvalue weighted by Gasteiger charge is 2.21. The molecule has 0 radical (unpaired) electrons. The van der Waals surface area contributed by atoms with Crippen LogP contribution in [0, 0.1) is 0 Å². The standard InChI is InChI=1S/C18H21N5O2/c1-13(24)14-3-5-15(6-4-14)20-18-19-8-7-16(21-18)17(25)23-11-9-22(2)10-12-23/h3-8H,9-12H2,1-2H3,(H,19,20,21). The number of rotatable bonds is 4. The number of piperazine rings is 1. The number of aromatic nitrogens is 2. The van der Waals surface area contributed by atoms with Gasteiger partial charge in [-0.1, -0.05) is 0 Å². The van der Waals surface area contributed by atoms with Crippen LogP contribution in [0.4, 0.5) is 11.6 Å². The van der Waals surface area contributed by atoms with E-state index >= 15 is 0 Å². The van der Waals surface area contributed by atoms with E-state index in [2.05, 4.69) is 20.2 Å². The van der Waals surface area contributed by atoms with Crippen LogP contribution in [-0.4, -0.2) is 64.7 Å². The van der Waals surface area contributed by atoms with E-state index in [0.717, 1.165) is 18.8 Å². The van der Waals surface area contributed by atoms with Crippen LogP contribution in [0.3, 0.4) is 0 Å². The molecule has 25 heavy (non-hydrogen) atoms. The predicted molar refractivity (Wildman–Crippen MR) is 95.2 cm³/mol. The van der Waals surface area contributed by atoms with E-state index in [1.807, 2.05) is 11.9 Å². The number of anilines is 2. The molecule has 1 aliphatic rings. The molecule has 1 aromatic heterocycles. The Balaban J connectivity index is 1.70. The van der Waals surface area contributed by atoms with Gasteiger partial charge in [0.2, 0.25) is 5.95 Å². The lowest BCUT2D eigenvalue weighted by Gasteiger charge is -2.32. The summed E-state index contributed by atoms with van der Waals surface area (Å²) in [5.41, 5.74) is 1.78. The van der Waals surface area contributed by atoms with Crippen molar-refractivity contribution in [1.82, 2.24) is 19.8 Å². The largest absolute Gasteiger partial charge is 0.335 e. The van der Waals surface area contributed by atoms with Crippen molar-refractivity contribution < 1.29 is 9.59 Å². The number of Topliss-reactive ketones (excluding diaryl/α,β-unsaturated/α-hetero) is 1. The smallest absolute Gasteiger partial charge is 0.272 e. The number of hydrogen-bond acceptors (Lipinski definition) is 6. The minimum absolute atomic E-state index is 0.0163. The Morgan fingerprint density at radius 3 is 2.36 bits per heavy atom. The second-order valence-corrected chi connectivity index (χ2v) is 6.12. The molecule has 0 saturated carbocycles. The zero-order valence-corrected chi connectivity index (χ0v) is 14.4. The molecule has 1 amide bonds. The predicted octanol–water partition coefficient (Wildman–Crippen LogP) is 1.81. The SMILES string of the molecule is CC(=O)c1ccc(Nc2nccc(C(=O)N3CCN(C)CC3)n2)cc1. The van der Waals surface area contributed by atoms with Crippen molar-refractivity contribution in [2.75, 3.05) is 38.5 Å². The molecule has 3 rings (SSSR count). The summed E-state index contributed by atoms with van der Waals surface area (Å²) in [6.45, 7) is 4.66. The number of nitrogens with one attached hydrogen (secondary N) is 1. The fourth-order valence-electron chi connectivity index (χ4n) is 2.63. The summed E-state index contributed by atoms with van der Waals surface area (Å²) >= 11 is 0. The molecule has 0 atom stereocenters. The van der Waals surface area contributed by atoms with Crippen molar-refractivity contribution in [3.05, 3.63) is 47.8 Å². The summed E-state index contributed by atoms with van der Waals surface area (Å²) in [4.78, 5) is 36.4. The van der Waals surface area contributed by atoms with Crippen LogP contribution in [0.2, 0.25) is 0 Å². The van der Waals surface area contributed by atoms with E-state index in [4.69, 9.17) is 0 Å². The van der Waals surface area contributed by atoms with Gasteiger partial charge in [-0.05, 0) is 44.3 Å². The van der Waals surface area contributed by atoms with Crippen molar-refractivity contribution in [1.29, 1.82) is 0 Å². The lowest BCUT2D eigenvalue weighted by Crippen LogP contribution is -2.47. The van der Waals surface area contributed by atoms with Gasteiger partial charge in [0, 0.05) is 43.6 Å². The van der Waals surface area contributed by atoms with Gasteiger partial charge in [-0.2, -0.15) is 0 Å². The number of hydrogen-bond donors (Lipinski definition) is 1. The van der Waals surface area contributed by atoms with Crippen LogP contribution in [0.25, 0.3) is 0 Å². The number of benzene rings is 1. The van der Waals surface area contributed by atoms with Gasteiger partial charge in [-0.3, -0.25) is 9.59 Å². The van der Waals surface area contributed by atoms with Gasteiger partial charge in [0.05, 0.1) is 0 Å². The third-order valence-corrected chi connectivity index (χ3v) is 4.21. The van der Waals surface area contributed by atoms with Gasteiger partial charge >= 0.3 is 0 Å². The van der Waals surface area contributed by atoms with E-state index in [1.165, 1.54) is 6.92 Å². The molecule has 0 spiro atoms. The fourth-order valence-corrected chi connectivity index (χ4v) is 2.63. The maximum atomic E-state index is 12.6. The van der Waals surface area contributed by atoms with Gasteiger partial charge < -0.3 is 15.1 Å². The first-order valence-electron chi connectivity index (χ1n) is 8.22. The summed E-state index contributed by atoms with van der Waals surface area (Å²) in [7, 11) is 2.05. The molecular weight excluding hydrogens is 318 g/mol. The molecule has 1 aromatic carbocycles. The number of carbonyl (C=O) groups is 2. The van der Waals surface area contributed by atoms with E-state index in [-0.39, 0.29) is 11.7 Å². The molecule has 130 valence electrons. The molecule has 1 fully saturated rings. The topological polar surface area (TPSA) is 78.4 Å². The highest BCUT2D eigenvalue weighted by Crippen LogP contribution is 2.15. The minimum atomic E-state index is -0.0783. The number of amides is 1. The van der Waals surface area contributed by atoms with E-state index in [1.54, 1.807) is 36.5 Å². The van der Waals surface area contributed by atoms with Gasteiger partial charge in [0.25, 0.3) is 5.91 Å². The number of likely N-dealkylation sites (N-methyl/N-ethyl adjacent to an activating group) is 1. The number of nitrogens with zero attached hydrogens (tertiary/aromatic N) is 4. The summed E-state index contributed by atoms with van der Waals surface area (Å²) in [6.07, 6.45) is 1.57. The maximum Gasteiger partial charge on any atom is 0.272 e. The Hall–Kier alpha value is -2.80. The van der Waals surface area contributed by atoms with Gasteiger partial charge in [-0.25, -0.2) is 9.97 Å². The Morgan fingerprint density at radius 2 is 1.72 bits per heavy atom. The lowest BCUT2D eigenvalue weighted by atomic mass is 10.1. The second-order valence-electron chi connectivity index (χ2n) is 6.12. The van der Waals surface area contributed by atoms with Crippen LogP contribution >= 0.6 is 0 Å². The summed E-state index contributed by atoms with van der Waals surface area (Å²) in [5.74, 6) is 0.295. The molecule has 2 aromatic rings. The Kier molecular flexibility index (Phi) is 5.04. The molecule has 1 aliphatic heterocycles. The molecule has 1 saturated heterocycles. The molecule has 7 nitrogen and oxygen atoms in total. The average Bonchev–Trinajstić information content (AvgIpc) is 2.62. The van der Waals surface area contributed by atoms with Gasteiger partial charge in [-0.15, -0.1) is 0 Å². The van der Waals surface area contributed by atoms with Crippen molar-refractivity contribution in [3.8, 4) is 0 Å². The van der Waals surface area contributed by atoms with Crippen LogP contribution in [0.1, 0.15) is 27.8 Å². The van der Waals surface area contributed by atoms with Gasteiger partial charge in [0.15, 0.2) is 5.78 Å². The molecule has 2 heterocycles. The van der Waals surface area contributed by atoms with Crippen molar-refractivity contribution in [2.45, 2.75) is 6.92 Å². The third-order valence-electron chi connectivity index (χ3n) is 4.21. The summed E-state index contributed by atoms with van der Waals surface area (Å²) in [6, 6.07) is 8.68. The van der Waals surface area contributed by atoms with E-state index in [0.29, 0.717) is 30.3 Å². The van der Waals surface area contributed by atoms with Crippen LogP contribution < -0.4 is 5.32 Å². The van der Waals surface area contributed by atoms with Crippen LogP contribution in [0.5, 0.6) is 0 Å². The normalized spacial score (nSPS) is 15.0. The lowest BCUT2D eigenvalue weighted by molar-refractivity contribution is 0.0658. The van der Waals surface area contributed by atoms with E-state index < -0.39 is 0 Å². The highest BCUT2D eigenvalue weighted by atomic mass is 16.2. The summed E-state index contributed by atoms with van der Waals surface area (Å²) in [5, 5.41) is 3.06. The zero-order chi connectivity index (χ0) is 17.8. The number of ketones is 1. The maximum absolute atomic E-state index is 12.6. The average molecular weight is 339 g/mol. The fraction of sp³-hybridized carbons (Fsp3) is 0.333. The molecule has 7 heteroatoms. The number of carbonyl (C=O) groups excluding carboxylic acids is 2. The Labute approximate surface area is 146 Å². The minimum Gasteiger partial charge on any atom is -0.335 e. The van der Waals surface area contributed by atoms with Crippen LogP contribution in [-0.2, 0) is 0 Å². The molecule has 0 bridgehead atoms. The first-order valence-corrected chi connectivity index (χ1v) is 8.22. The molecule has 0 aliphatic carbocycles. The van der Waals surface area contributed by atoms with Crippen molar-refractivity contribution in [3.63, 3.8) is 0 Å². The quantitative estimate of drug-likeness (QED) is 0.856. The van der Waals surface area contributed by atoms with Crippen LogP contribution in [0.15, 0.2) is 36.5 Å². The second kappa shape index (κ2) is 7.40. The first-order chi connectivity index (χ1) is 12.0. The molecule has 1 N–H and O–H groups in total. The van der Waals surface area contributed by atoms with Crippen molar-refractivity contribution >= 4 is 23.3 Å². The Morgan fingerprint density at radius 1 is 1.04 bits per heavy atom. The van der Waals surface area contributed by atoms with Gasteiger partial charge in [0.1, 0.15) is 5.69 Å². The van der Waals surface area contributed by atoms with Crippen molar-refractivity contribution in [2.24, 2.45) is 0 Å². The highest BCUT2D eigenvalue weighted by molar-refractivity contribution is 5.94. The summed E-state index contributed by atoms with van der Waals surface area (Å²) < 4.78 is 0. The zero-order valence-electron chi connectivity index (χ0n) is 14.4. The van der Waals surface area contributed by atoms with E-state index in [9.17, 15) is 9.59 Å². The Bertz CT molecular complexity index is 767.